The van der Waals surface area contributed by atoms with E-state index in [2.05, 4.69) is 4.98 Å². The number of nitrogens with zero attached hydrogens (tertiary/aromatic N) is 2. The molecule has 1 aliphatic heterocycles. The van der Waals surface area contributed by atoms with E-state index in [1.165, 1.54) is 12.8 Å². The number of hydrogen-bond donors (Lipinski definition) is 1. The Morgan fingerprint density at radius 1 is 1.35 bits per heavy atom. The van der Waals surface area contributed by atoms with E-state index in [-0.39, 0.29) is 18.4 Å². The molecule has 1 saturated carbocycles. The van der Waals surface area contributed by atoms with E-state index in [4.69, 9.17) is 9.84 Å². The predicted octanol–water partition coefficient (Wildman–Crippen LogP) is 1.32. The molecule has 1 aliphatic carbocycles. The topological polar surface area (TPSA) is 62.7 Å². The summed E-state index contributed by atoms with van der Waals surface area (Å²) in [6, 6.07) is 3.53. The third-order valence-corrected chi connectivity index (χ3v) is 3.98. The van der Waals surface area contributed by atoms with Crippen LogP contribution in [0, 0.1) is 11.8 Å². The van der Waals surface area contributed by atoms with Crippen molar-refractivity contribution in [3.8, 4) is 5.88 Å². The Balaban J connectivity index is 1.57. The van der Waals surface area contributed by atoms with Crippen LogP contribution in [-0.2, 0) is 0 Å². The van der Waals surface area contributed by atoms with Gasteiger partial charge in [-0.25, -0.2) is 4.98 Å². The average Bonchev–Trinajstić information content (AvgIpc) is 3.20. The lowest BCUT2D eigenvalue weighted by Crippen LogP contribution is -2.29. The first-order valence-electron chi connectivity index (χ1n) is 7.25. The zero-order valence-corrected chi connectivity index (χ0v) is 11.5. The van der Waals surface area contributed by atoms with E-state index in [0.29, 0.717) is 30.5 Å². The van der Waals surface area contributed by atoms with Gasteiger partial charge in [0.15, 0.2) is 0 Å². The molecular formula is C15H20N2O3. The lowest BCUT2D eigenvalue weighted by atomic mass is 10.1. The lowest BCUT2D eigenvalue weighted by Gasteiger charge is -2.16. The van der Waals surface area contributed by atoms with Crippen molar-refractivity contribution in [2.75, 3.05) is 26.3 Å². The fourth-order valence-electron chi connectivity index (χ4n) is 2.43. The Bertz CT molecular complexity index is 471. The van der Waals surface area contributed by atoms with Crippen molar-refractivity contribution in [1.29, 1.82) is 0 Å². The molecule has 0 spiro atoms. The van der Waals surface area contributed by atoms with Crippen molar-refractivity contribution in [3.63, 3.8) is 0 Å². The predicted molar refractivity (Wildman–Crippen MR) is 73.6 cm³/mol. The smallest absolute Gasteiger partial charge is 0.255 e. The molecule has 1 saturated heterocycles. The van der Waals surface area contributed by atoms with Crippen LogP contribution >= 0.6 is 0 Å². The maximum Gasteiger partial charge on any atom is 0.255 e. The molecule has 1 aromatic rings. The maximum atomic E-state index is 12.3. The number of rotatable bonds is 5. The van der Waals surface area contributed by atoms with Crippen molar-refractivity contribution in [2.24, 2.45) is 11.8 Å². The second-order valence-corrected chi connectivity index (χ2v) is 5.73. The first-order chi connectivity index (χ1) is 9.76. The standard InChI is InChI=1S/C15H20N2O3/c18-9-12-5-6-17(8-12)15(19)13-3-4-14(16-7-13)20-10-11-1-2-11/h3-4,7,11-12,18H,1-2,5-6,8-10H2. The number of amides is 1. The van der Waals surface area contributed by atoms with Crippen molar-refractivity contribution in [1.82, 2.24) is 9.88 Å². The van der Waals surface area contributed by atoms with E-state index < -0.39 is 0 Å². The van der Waals surface area contributed by atoms with Crippen LogP contribution in [0.2, 0.25) is 0 Å². The van der Waals surface area contributed by atoms with E-state index in [1.54, 1.807) is 23.2 Å². The average molecular weight is 276 g/mol. The molecule has 2 heterocycles. The summed E-state index contributed by atoms with van der Waals surface area (Å²) < 4.78 is 5.56. The monoisotopic (exact) mass is 276 g/mol. The lowest BCUT2D eigenvalue weighted by molar-refractivity contribution is 0.0781. The SMILES string of the molecule is O=C(c1ccc(OCC2CC2)nc1)N1CCC(CO)C1. The summed E-state index contributed by atoms with van der Waals surface area (Å²) in [5, 5.41) is 9.11. The quantitative estimate of drug-likeness (QED) is 0.881. The van der Waals surface area contributed by atoms with E-state index in [1.807, 2.05) is 0 Å². The molecule has 1 unspecified atom stereocenters. The Kier molecular flexibility index (Phi) is 3.87. The second-order valence-electron chi connectivity index (χ2n) is 5.73. The highest BCUT2D eigenvalue weighted by Gasteiger charge is 2.26. The number of hydrogen-bond acceptors (Lipinski definition) is 4. The summed E-state index contributed by atoms with van der Waals surface area (Å²) in [5.74, 6) is 1.48. The van der Waals surface area contributed by atoms with Crippen LogP contribution in [0.4, 0.5) is 0 Å². The van der Waals surface area contributed by atoms with Crippen molar-refractivity contribution < 1.29 is 14.6 Å². The van der Waals surface area contributed by atoms with Gasteiger partial charge in [0, 0.05) is 37.9 Å². The summed E-state index contributed by atoms with van der Waals surface area (Å²) in [4.78, 5) is 18.2. The zero-order chi connectivity index (χ0) is 13.9. The molecule has 3 rings (SSSR count). The number of ether oxygens (including phenoxy) is 1. The minimum absolute atomic E-state index is 0.0119. The Morgan fingerprint density at radius 2 is 2.20 bits per heavy atom. The molecule has 0 aromatic carbocycles. The van der Waals surface area contributed by atoms with Gasteiger partial charge in [-0.2, -0.15) is 0 Å². The molecule has 1 atom stereocenters. The normalized spacial score (nSPS) is 22.1. The minimum atomic E-state index is -0.0119. The summed E-state index contributed by atoms with van der Waals surface area (Å²) >= 11 is 0. The maximum absolute atomic E-state index is 12.3. The molecule has 5 nitrogen and oxygen atoms in total. The van der Waals surface area contributed by atoms with Crippen LogP contribution in [-0.4, -0.2) is 47.2 Å². The Hall–Kier alpha value is -1.62. The van der Waals surface area contributed by atoms with E-state index >= 15 is 0 Å². The van der Waals surface area contributed by atoms with Gasteiger partial charge in [-0.1, -0.05) is 0 Å². The fourth-order valence-corrected chi connectivity index (χ4v) is 2.43. The van der Waals surface area contributed by atoms with Crippen LogP contribution in [0.1, 0.15) is 29.6 Å². The zero-order valence-electron chi connectivity index (χ0n) is 11.5. The van der Waals surface area contributed by atoms with Gasteiger partial charge in [-0.15, -0.1) is 0 Å². The molecular weight excluding hydrogens is 256 g/mol. The van der Waals surface area contributed by atoms with Gasteiger partial charge in [0.1, 0.15) is 0 Å². The summed E-state index contributed by atoms with van der Waals surface area (Å²) in [6.07, 6.45) is 4.95. The molecule has 2 fully saturated rings. The van der Waals surface area contributed by atoms with Gasteiger partial charge in [-0.3, -0.25) is 4.79 Å². The van der Waals surface area contributed by atoms with Crippen LogP contribution < -0.4 is 4.74 Å². The number of carbonyl (C=O) groups excluding carboxylic acids is 1. The van der Waals surface area contributed by atoms with Crippen molar-refractivity contribution in [3.05, 3.63) is 23.9 Å². The molecule has 0 bridgehead atoms. The molecule has 20 heavy (non-hydrogen) atoms. The van der Waals surface area contributed by atoms with E-state index in [9.17, 15) is 4.79 Å². The molecule has 1 N–H and O–H groups in total. The van der Waals surface area contributed by atoms with Gasteiger partial charge in [-0.05, 0) is 31.2 Å². The van der Waals surface area contributed by atoms with E-state index in [0.717, 1.165) is 13.0 Å². The molecule has 0 radical (unpaired) electrons. The van der Waals surface area contributed by atoms with Crippen LogP contribution in [0.15, 0.2) is 18.3 Å². The van der Waals surface area contributed by atoms with Crippen LogP contribution in [0.25, 0.3) is 0 Å². The number of aliphatic hydroxyl groups is 1. The highest BCUT2D eigenvalue weighted by atomic mass is 16.5. The fraction of sp³-hybridized carbons (Fsp3) is 0.600. The minimum Gasteiger partial charge on any atom is -0.477 e. The van der Waals surface area contributed by atoms with Crippen molar-refractivity contribution >= 4 is 5.91 Å². The van der Waals surface area contributed by atoms with Gasteiger partial charge in [0.2, 0.25) is 5.88 Å². The third kappa shape index (κ3) is 3.10. The molecule has 108 valence electrons. The van der Waals surface area contributed by atoms with Crippen molar-refractivity contribution in [2.45, 2.75) is 19.3 Å². The molecule has 1 amide bonds. The van der Waals surface area contributed by atoms with Gasteiger partial charge in [0.05, 0.1) is 12.2 Å². The Labute approximate surface area is 118 Å². The number of aromatic nitrogens is 1. The van der Waals surface area contributed by atoms with Crippen LogP contribution in [0.5, 0.6) is 5.88 Å². The first-order valence-corrected chi connectivity index (χ1v) is 7.25. The summed E-state index contributed by atoms with van der Waals surface area (Å²) in [6.45, 7) is 2.22. The van der Waals surface area contributed by atoms with Gasteiger partial charge >= 0.3 is 0 Å². The highest BCUT2D eigenvalue weighted by Crippen LogP contribution is 2.29. The summed E-state index contributed by atoms with van der Waals surface area (Å²) in [7, 11) is 0. The highest BCUT2D eigenvalue weighted by molar-refractivity contribution is 5.94. The number of pyridine rings is 1. The molecule has 2 aliphatic rings. The second kappa shape index (κ2) is 5.79. The van der Waals surface area contributed by atoms with Gasteiger partial charge in [0.25, 0.3) is 5.91 Å². The first kappa shape index (κ1) is 13.4. The van der Waals surface area contributed by atoms with Crippen LogP contribution in [0.3, 0.4) is 0 Å². The molecule has 5 heteroatoms. The Morgan fingerprint density at radius 3 is 2.80 bits per heavy atom. The third-order valence-electron chi connectivity index (χ3n) is 3.98. The van der Waals surface area contributed by atoms with Gasteiger partial charge < -0.3 is 14.7 Å². The number of likely N-dealkylation sites (tertiary alicyclic amines) is 1. The number of carbonyl (C=O) groups is 1. The number of aliphatic hydroxyl groups excluding tert-OH is 1. The summed E-state index contributed by atoms with van der Waals surface area (Å²) in [5.41, 5.74) is 0.586. The molecule has 1 aromatic heterocycles. The largest absolute Gasteiger partial charge is 0.477 e.